The van der Waals surface area contributed by atoms with E-state index in [-0.39, 0.29) is 85.7 Å². The van der Waals surface area contributed by atoms with Crippen LogP contribution in [0.1, 0.15) is 139 Å². The van der Waals surface area contributed by atoms with Crippen LogP contribution < -0.4 is 43.4 Å². The van der Waals surface area contributed by atoms with E-state index in [2.05, 4.69) is 45.7 Å². The number of anilines is 1. The molecule has 454 valence electrons. The van der Waals surface area contributed by atoms with Crippen LogP contribution in [0.2, 0.25) is 0 Å². The number of likely N-dealkylation sites (tertiary alicyclic amines) is 1. The maximum absolute atomic E-state index is 13.6. The molecule has 10 atom stereocenters. The Labute approximate surface area is 476 Å². The molecule has 22 nitrogen and oxygen atoms in total. The van der Waals surface area contributed by atoms with E-state index in [0.717, 1.165) is 24.8 Å². The molecule has 0 saturated carbocycles. The number of hydrogen-bond donors (Lipinski definition) is 9. The molecule has 2 aromatic rings. The number of benzene rings is 2. The van der Waals surface area contributed by atoms with Crippen LogP contribution in [-0.4, -0.2) is 153 Å². The van der Waals surface area contributed by atoms with Crippen LogP contribution in [0.5, 0.6) is 0 Å². The van der Waals surface area contributed by atoms with Crippen molar-refractivity contribution < 1.29 is 57.7 Å². The maximum Gasteiger partial charge on any atom is 0.410 e. The number of nitrogens with one attached hydrogen (secondary N) is 6. The van der Waals surface area contributed by atoms with Gasteiger partial charge in [-0.25, -0.2) is 9.59 Å². The summed E-state index contributed by atoms with van der Waals surface area (Å²) in [7, 11) is 4.77. The number of methoxy groups -OCH3 is 2. The standard InChI is InChI=1S/C30H48N4O7.C21H34N4O4.C4H10N2O.C3H8/c1-7-19(2)27(33-25(36)17-31-18-35)24(40-5)16-26(37)34-15-11-14-23(34)29(41-6)20(3)30(39)32-21(4)28(38)22-12-9-8-10-13-22;1-13(2)15(5)25(6)21(28)29-12-16-7-9-17(10-8-16)24-18(26)11-23-20(27)19(22)14(3)4;1-2-3-6-4(5)7;1-3-2/h8-10,12-13,18-21,23-24,27-29,38H,7,11,14-17H2,1-6H3,(H,31,35)(H,32,39)(H,33,36);7-10,13-15,19H,11-12,22H2,1-6H3,(H,23,27)(H,24,26);2-3H2,1H3,(H3,5,6,7);3H2,1-2H3. The fourth-order valence-electron chi connectivity index (χ4n) is 8.12. The van der Waals surface area contributed by atoms with Gasteiger partial charge in [0.25, 0.3) is 0 Å². The summed E-state index contributed by atoms with van der Waals surface area (Å²) in [4.78, 5) is 98.9. The van der Waals surface area contributed by atoms with E-state index in [1.165, 1.54) is 20.6 Å². The first-order chi connectivity index (χ1) is 37.8. The van der Waals surface area contributed by atoms with Crippen molar-refractivity contribution in [2.24, 2.45) is 35.1 Å². The minimum atomic E-state index is -0.864. The number of primary amides is 1. The van der Waals surface area contributed by atoms with Gasteiger partial charge in [0.2, 0.25) is 35.9 Å². The van der Waals surface area contributed by atoms with Crippen LogP contribution in [0, 0.1) is 23.7 Å². The Kier molecular flexibility index (Phi) is 37.5. The second-order valence-corrected chi connectivity index (χ2v) is 20.8. The second-order valence-electron chi connectivity index (χ2n) is 20.8. The zero-order valence-electron chi connectivity index (χ0n) is 50.5. The molecule has 9 amide bonds. The Morgan fingerprint density at radius 3 is 1.93 bits per heavy atom. The summed E-state index contributed by atoms with van der Waals surface area (Å²) in [5, 5.41) is 26.5. The number of hydrogen-bond acceptors (Lipinski definition) is 13. The lowest BCUT2D eigenvalue weighted by molar-refractivity contribution is -0.143. The molecule has 1 aliphatic rings. The molecule has 80 heavy (non-hydrogen) atoms. The highest BCUT2D eigenvalue weighted by Gasteiger charge is 2.41. The van der Waals surface area contributed by atoms with Crippen molar-refractivity contribution in [3.63, 3.8) is 0 Å². The summed E-state index contributed by atoms with van der Waals surface area (Å²) < 4.78 is 16.8. The fourth-order valence-corrected chi connectivity index (χ4v) is 8.12. The molecule has 3 rings (SSSR count). The first kappa shape index (κ1) is 73.6. The molecule has 0 aromatic heterocycles. The molecule has 1 fully saturated rings. The monoisotopic (exact) mass is 1130 g/mol. The highest BCUT2D eigenvalue weighted by molar-refractivity contribution is 5.95. The van der Waals surface area contributed by atoms with Crippen molar-refractivity contribution in [3.8, 4) is 0 Å². The smallest absolute Gasteiger partial charge is 0.410 e. The molecular formula is C58H100N10O12. The SMILES string of the molecule is CC(C)C(N)C(=O)NCC(=O)Nc1ccc(COC(=O)N(C)C(C)C(C)C)cc1.CCC.CCC(C)C(NC(=O)CNC=O)C(CC(=O)N1CCCC1C(OC)C(C)C(=O)NC(C)C(O)c1ccccc1)OC.CCCNC(N)=O. The third-order valence-corrected chi connectivity index (χ3v) is 13.6. The topological polar surface area (TPSA) is 315 Å². The molecule has 0 aliphatic carbocycles. The van der Waals surface area contributed by atoms with Gasteiger partial charge in [0, 0.05) is 46.1 Å². The molecular weight excluding hydrogens is 1030 g/mol. The molecule has 1 aliphatic heterocycles. The van der Waals surface area contributed by atoms with Crippen LogP contribution in [0.15, 0.2) is 54.6 Å². The fraction of sp³-hybridized carbons (Fsp3) is 0.655. The van der Waals surface area contributed by atoms with Crippen molar-refractivity contribution in [2.45, 2.75) is 177 Å². The van der Waals surface area contributed by atoms with Gasteiger partial charge in [-0.15, -0.1) is 0 Å². The molecule has 1 heterocycles. The normalized spacial score (nSPS) is 16.0. The van der Waals surface area contributed by atoms with Crippen molar-refractivity contribution >= 4 is 53.8 Å². The quantitative estimate of drug-likeness (QED) is 0.0485. The van der Waals surface area contributed by atoms with Crippen molar-refractivity contribution in [3.05, 3.63) is 65.7 Å². The van der Waals surface area contributed by atoms with Gasteiger partial charge in [0.15, 0.2) is 0 Å². The van der Waals surface area contributed by atoms with Gasteiger partial charge in [-0.05, 0) is 74.1 Å². The average molecular weight is 1130 g/mol. The molecule has 0 bridgehead atoms. The third-order valence-electron chi connectivity index (χ3n) is 13.6. The third kappa shape index (κ3) is 27.7. The minimum Gasteiger partial charge on any atom is -0.445 e. The number of amides is 9. The predicted octanol–water partition coefficient (Wildman–Crippen LogP) is 5.37. The van der Waals surface area contributed by atoms with Gasteiger partial charge >= 0.3 is 12.1 Å². The Balaban J connectivity index is 0.00000139. The predicted molar refractivity (Wildman–Crippen MR) is 312 cm³/mol. The number of carbonyl (C=O) groups is 8. The average Bonchev–Trinajstić information content (AvgIpc) is 3.94. The second kappa shape index (κ2) is 40.8. The van der Waals surface area contributed by atoms with Crippen LogP contribution in [0.25, 0.3) is 0 Å². The number of nitrogens with zero attached hydrogens (tertiary/aromatic N) is 2. The van der Waals surface area contributed by atoms with E-state index in [1.54, 1.807) is 55.0 Å². The Morgan fingerprint density at radius 1 is 0.812 bits per heavy atom. The summed E-state index contributed by atoms with van der Waals surface area (Å²) in [5.74, 6) is -1.71. The molecule has 22 heteroatoms. The van der Waals surface area contributed by atoms with Gasteiger partial charge in [0.1, 0.15) is 6.61 Å². The number of ether oxygens (including phenoxy) is 3. The van der Waals surface area contributed by atoms with Gasteiger partial charge in [-0.1, -0.05) is 125 Å². The van der Waals surface area contributed by atoms with Crippen LogP contribution in [0.3, 0.4) is 0 Å². The first-order valence-electron chi connectivity index (χ1n) is 28.0. The lowest BCUT2D eigenvalue weighted by Crippen LogP contribution is -2.54. The van der Waals surface area contributed by atoms with Crippen molar-refractivity contribution in [2.75, 3.05) is 52.8 Å². The Bertz CT molecular complexity index is 2120. The van der Waals surface area contributed by atoms with Crippen molar-refractivity contribution in [1.29, 1.82) is 0 Å². The van der Waals surface area contributed by atoms with Gasteiger partial charge in [0.05, 0.1) is 67.9 Å². The van der Waals surface area contributed by atoms with Crippen LogP contribution >= 0.6 is 0 Å². The lowest BCUT2D eigenvalue weighted by atomic mass is 9.91. The molecule has 0 spiro atoms. The number of urea groups is 1. The number of nitrogens with two attached hydrogens (primary N) is 2. The van der Waals surface area contributed by atoms with Crippen LogP contribution in [-0.2, 0) is 49.6 Å². The highest BCUT2D eigenvalue weighted by atomic mass is 16.6. The lowest BCUT2D eigenvalue weighted by Gasteiger charge is -2.36. The van der Waals surface area contributed by atoms with Crippen LogP contribution in [0.4, 0.5) is 15.3 Å². The van der Waals surface area contributed by atoms with E-state index in [1.807, 2.05) is 85.7 Å². The van der Waals surface area contributed by atoms with Gasteiger partial charge < -0.3 is 72.5 Å². The first-order valence-corrected chi connectivity index (χ1v) is 28.0. The van der Waals surface area contributed by atoms with E-state index in [4.69, 9.17) is 25.7 Å². The van der Waals surface area contributed by atoms with E-state index >= 15 is 0 Å². The minimum absolute atomic E-state index is 0.00641. The molecule has 11 N–H and O–H groups in total. The van der Waals surface area contributed by atoms with E-state index in [0.29, 0.717) is 43.1 Å². The highest BCUT2D eigenvalue weighted by Crippen LogP contribution is 2.29. The zero-order valence-corrected chi connectivity index (χ0v) is 50.5. The van der Waals surface area contributed by atoms with E-state index in [9.17, 15) is 43.5 Å². The summed E-state index contributed by atoms with van der Waals surface area (Å²) in [6.45, 7) is 24.5. The number of carbonyl (C=O) groups excluding carboxylic acids is 8. The Hall–Kier alpha value is -6.36. The molecule has 2 aromatic carbocycles. The summed E-state index contributed by atoms with van der Waals surface area (Å²) in [6.07, 6.45) is 2.52. The summed E-state index contributed by atoms with van der Waals surface area (Å²) in [5.41, 5.74) is 12.6. The van der Waals surface area contributed by atoms with E-state index < -0.39 is 48.4 Å². The molecule has 10 unspecified atom stereocenters. The summed E-state index contributed by atoms with van der Waals surface area (Å²) in [6, 6.07) is 13.8. The van der Waals surface area contributed by atoms with Gasteiger partial charge in [-0.3, -0.25) is 28.8 Å². The van der Waals surface area contributed by atoms with Crippen molar-refractivity contribution in [1.82, 2.24) is 36.4 Å². The van der Waals surface area contributed by atoms with Gasteiger partial charge in [-0.2, -0.15) is 0 Å². The molecule has 0 radical (unpaired) electrons. The molecule has 1 saturated heterocycles. The number of aliphatic hydroxyl groups excluding tert-OH is 1. The number of rotatable bonds is 28. The Morgan fingerprint density at radius 2 is 1.43 bits per heavy atom. The summed E-state index contributed by atoms with van der Waals surface area (Å²) >= 11 is 0. The zero-order chi connectivity index (χ0) is 61.1. The largest absolute Gasteiger partial charge is 0.445 e. The maximum atomic E-state index is 13.6. The number of aliphatic hydroxyl groups is 1.